The van der Waals surface area contributed by atoms with Crippen molar-refractivity contribution in [3.05, 3.63) is 59.7 Å². The zero-order valence-electron chi connectivity index (χ0n) is 10.4. The maximum atomic E-state index is 5.65. The van der Waals surface area contributed by atoms with Gasteiger partial charge in [-0.1, -0.05) is 30.3 Å². The van der Waals surface area contributed by atoms with Crippen LogP contribution in [0.1, 0.15) is 11.1 Å². The van der Waals surface area contributed by atoms with Gasteiger partial charge in [-0.25, -0.2) is 0 Å². The summed E-state index contributed by atoms with van der Waals surface area (Å²) in [6.07, 6.45) is 0. The highest BCUT2D eigenvalue weighted by Gasteiger charge is 2.05. The first-order valence-electron chi connectivity index (χ1n) is 5.77. The highest BCUT2D eigenvalue weighted by atomic mass is 32.1. The van der Waals surface area contributed by atoms with Gasteiger partial charge in [-0.05, 0) is 55.4 Å². The number of hydrogen-bond donors (Lipinski definition) is 1. The van der Waals surface area contributed by atoms with Crippen LogP contribution in [-0.2, 0) is 0 Å². The van der Waals surface area contributed by atoms with Crippen LogP contribution in [0, 0.1) is 13.8 Å². The molecule has 0 saturated carbocycles. The fourth-order valence-corrected chi connectivity index (χ4v) is 1.81. The predicted molar refractivity (Wildman–Crippen MR) is 79.2 cm³/mol. The van der Waals surface area contributed by atoms with E-state index in [1.54, 1.807) is 0 Å². The summed E-state index contributed by atoms with van der Waals surface area (Å²) in [4.78, 5) is 0. The van der Waals surface area contributed by atoms with Gasteiger partial charge >= 0.3 is 0 Å². The molecule has 0 amide bonds. The molecule has 3 heteroatoms. The van der Waals surface area contributed by atoms with Gasteiger partial charge in [0.15, 0.2) is 0 Å². The molecule has 1 N–H and O–H groups in total. The molecule has 0 bridgehead atoms. The topological polar surface area (TPSA) is 21.3 Å². The average molecular weight is 257 g/mol. The first-order chi connectivity index (χ1) is 8.66. The summed E-state index contributed by atoms with van der Waals surface area (Å²) < 4.78 is 5.65. The minimum atomic E-state index is 0.356. The van der Waals surface area contributed by atoms with E-state index in [0.29, 0.717) is 5.17 Å². The SMILES string of the molecule is Cc1cccc(OC(=S)Nc2ccccc2)c1C. The Balaban J connectivity index is 2.06. The van der Waals surface area contributed by atoms with Crippen LogP contribution in [0.3, 0.4) is 0 Å². The lowest BCUT2D eigenvalue weighted by Crippen LogP contribution is -2.16. The molecular formula is C15H15NOS. The van der Waals surface area contributed by atoms with Gasteiger partial charge in [0.1, 0.15) is 5.75 Å². The summed E-state index contributed by atoms with van der Waals surface area (Å²) in [5, 5.41) is 3.40. The second-order valence-electron chi connectivity index (χ2n) is 4.08. The van der Waals surface area contributed by atoms with Gasteiger partial charge in [-0.15, -0.1) is 0 Å². The Morgan fingerprint density at radius 2 is 1.72 bits per heavy atom. The molecule has 2 nitrogen and oxygen atoms in total. The number of anilines is 1. The molecule has 18 heavy (non-hydrogen) atoms. The van der Waals surface area contributed by atoms with E-state index < -0.39 is 0 Å². The van der Waals surface area contributed by atoms with Crippen molar-refractivity contribution in [2.75, 3.05) is 5.32 Å². The van der Waals surface area contributed by atoms with Crippen molar-refractivity contribution in [2.24, 2.45) is 0 Å². The second-order valence-corrected chi connectivity index (χ2v) is 4.45. The lowest BCUT2D eigenvalue weighted by Gasteiger charge is -2.12. The van der Waals surface area contributed by atoms with Crippen molar-refractivity contribution in [2.45, 2.75) is 13.8 Å². The van der Waals surface area contributed by atoms with Crippen LogP contribution in [0.25, 0.3) is 0 Å². The van der Waals surface area contributed by atoms with E-state index in [-0.39, 0.29) is 0 Å². The van der Waals surface area contributed by atoms with E-state index in [9.17, 15) is 0 Å². The van der Waals surface area contributed by atoms with E-state index in [2.05, 4.69) is 18.3 Å². The van der Waals surface area contributed by atoms with Crippen molar-refractivity contribution in [1.29, 1.82) is 0 Å². The Kier molecular flexibility index (Phi) is 3.95. The molecule has 2 aromatic carbocycles. The standard InChI is InChI=1S/C15H15NOS/c1-11-7-6-10-14(12(11)2)17-15(18)16-13-8-4-3-5-9-13/h3-10H,1-2H3,(H,16,18). The number of thiocarbonyl (C=S) groups is 1. The Morgan fingerprint density at radius 3 is 2.44 bits per heavy atom. The summed E-state index contributed by atoms with van der Waals surface area (Å²) in [6, 6.07) is 15.7. The van der Waals surface area contributed by atoms with Crippen molar-refractivity contribution >= 4 is 23.1 Å². The second kappa shape index (κ2) is 5.65. The van der Waals surface area contributed by atoms with Crippen LogP contribution < -0.4 is 10.1 Å². The van der Waals surface area contributed by atoms with Crippen molar-refractivity contribution in [3.8, 4) is 5.75 Å². The van der Waals surface area contributed by atoms with Gasteiger partial charge in [-0.2, -0.15) is 0 Å². The number of rotatable bonds is 2. The molecule has 0 spiro atoms. The first-order valence-corrected chi connectivity index (χ1v) is 6.18. The zero-order chi connectivity index (χ0) is 13.0. The zero-order valence-corrected chi connectivity index (χ0v) is 11.3. The molecule has 0 aromatic heterocycles. The Bertz CT molecular complexity index is 552. The molecule has 0 aliphatic rings. The highest BCUT2D eigenvalue weighted by molar-refractivity contribution is 7.80. The number of nitrogens with one attached hydrogen (secondary N) is 1. The van der Waals surface area contributed by atoms with Crippen LogP contribution in [0.5, 0.6) is 5.75 Å². The Morgan fingerprint density at radius 1 is 1.00 bits per heavy atom. The van der Waals surface area contributed by atoms with E-state index >= 15 is 0 Å². The van der Waals surface area contributed by atoms with Gasteiger partial charge < -0.3 is 10.1 Å². The maximum Gasteiger partial charge on any atom is 0.266 e. The molecule has 2 aromatic rings. The van der Waals surface area contributed by atoms with Crippen LogP contribution >= 0.6 is 12.2 Å². The van der Waals surface area contributed by atoms with Gasteiger partial charge in [0.05, 0.1) is 0 Å². The van der Waals surface area contributed by atoms with Crippen molar-refractivity contribution < 1.29 is 4.74 Å². The average Bonchev–Trinajstić information content (AvgIpc) is 2.36. The van der Waals surface area contributed by atoms with Gasteiger partial charge in [0.2, 0.25) is 0 Å². The van der Waals surface area contributed by atoms with E-state index in [0.717, 1.165) is 17.0 Å². The van der Waals surface area contributed by atoms with Crippen LogP contribution in [0.2, 0.25) is 0 Å². The normalized spacial score (nSPS) is 9.89. The van der Waals surface area contributed by atoms with Crippen LogP contribution in [0.15, 0.2) is 48.5 Å². The fourth-order valence-electron chi connectivity index (χ4n) is 1.60. The molecule has 0 unspecified atom stereocenters. The molecule has 0 fully saturated rings. The minimum Gasteiger partial charge on any atom is -0.431 e. The molecule has 0 aliphatic heterocycles. The monoisotopic (exact) mass is 257 g/mol. The molecule has 2 rings (SSSR count). The number of hydrogen-bond acceptors (Lipinski definition) is 2. The molecule has 0 atom stereocenters. The van der Waals surface area contributed by atoms with Gasteiger partial charge in [0.25, 0.3) is 5.17 Å². The lowest BCUT2D eigenvalue weighted by atomic mass is 10.1. The van der Waals surface area contributed by atoms with Crippen LogP contribution in [0.4, 0.5) is 5.69 Å². The van der Waals surface area contributed by atoms with E-state index in [4.69, 9.17) is 17.0 Å². The predicted octanol–water partition coefficient (Wildman–Crippen LogP) is 4.08. The summed E-state index contributed by atoms with van der Waals surface area (Å²) in [7, 11) is 0. The summed E-state index contributed by atoms with van der Waals surface area (Å²) in [5.74, 6) is 0.795. The van der Waals surface area contributed by atoms with Crippen LogP contribution in [-0.4, -0.2) is 5.17 Å². The highest BCUT2D eigenvalue weighted by Crippen LogP contribution is 2.21. The maximum absolute atomic E-state index is 5.65. The minimum absolute atomic E-state index is 0.356. The quantitative estimate of drug-likeness (QED) is 0.819. The first kappa shape index (κ1) is 12.6. The molecule has 0 saturated heterocycles. The summed E-state index contributed by atoms with van der Waals surface area (Å²) in [6.45, 7) is 4.08. The van der Waals surface area contributed by atoms with E-state index in [1.807, 2.05) is 49.4 Å². The number of para-hydroxylation sites is 1. The van der Waals surface area contributed by atoms with Gasteiger partial charge in [-0.3, -0.25) is 0 Å². The van der Waals surface area contributed by atoms with Crippen molar-refractivity contribution in [1.82, 2.24) is 0 Å². The van der Waals surface area contributed by atoms with E-state index in [1.165, 1.54) is 5.56 Å². The molecule has 0 aliphatic carbocycles. The number of ether oxygens (including phenoxy) is 1. The van der Waals surface area contributed by atoms with Gasteiger partial charge in [0, 0.05) is 5.69 Å². The number of benzene rings is 2. The largest absolute Gasteiger partial charge is 0.431 e. The third kappa shape index (κ3) is 3.08. The third-order valence-electron chi connectivity index (χ3n) is 2.78. The lowest BCUT2D eigenvalue weighted by molar-refractivity contribution is 0.558. The number of aryl methyl sites for hydroxylation is 1. The summed E-state index contributed by atoms with van der Waals surface area (Å²) in [5.41, 5.74) is 3.22. The Labute approximate surface area is 113 Å². The smallest absolute Gasteiger partial charge is 0.266 e. The summed E-state index contributed by atoms with van der Waals surface area (Å²) >= 11 is 5.19. The third-order valence-corrected chi connectivity index (χ3v) is 2.96. The molecule has 0 heterocycles. The fraction of sp³-hybridized carbons (Fsp3) is 0.133. The molecule has 0 radical (unpaired) electrons. The molecular weight excluding hydrogens is 242 g/mol. The molecule has 92 valence electrons. The Hall–Kier alpha value is -1.87. The van der Waals surface area contributed by atoms with Crippen molar-refractivity contribution in [3.63, 3.8) is 0 Å².